The first-order valence-electron chi connectivity index (χ1n) is 5.70. The third-order valence-corrected chi connectivity index (χ3v) is 3.07. The normalized spacial score (nSPS) is 24.0. The Kier molecular flexibility index (Phi) is 3.40. The highest BCUT2D eigenvalue weighted by molar-refractivity contribution is 5.89. The molecule has 0 radical (unpaired) electrons. The average Bonchev–Trinajstić information content (AvgIpc) is 2.77. The van der Waals surface area contributed by atoms with E-state index >= 15 is 0 Å². The minimum atomic E-state index is -0.223. The smallest absolute Gasteiger partial charge is 0.338 e. The van der Waals surface area contributed by atoms with Crippen LogP contribution in [0.2, 0.25) is 0 Å². The number of benzene rings is 1. The molecule has 84 valence electrons. The van der Waals surface area contributed by atoms with Gasteiger partial charge in [-0.2, -0.15) is 0 Å². The highest BCUT2D eigenvalue weighted by atomic mass is 16.5. The number of ether oxygens (including phenoxy) is 1. The van der Waals surface area contributed by atoms with Gasteiger partial charge in [0.25, 0.3) is 0 Å². The largest absolute Gasteiger partial charge is 0.458 e. The molecule has 1 saturated carbocycles. The van der Waals surface area contributed by atoms with Crippen molar-refractivity contribution in [3.05, 3.63) is 48.6 Å². The van der Waals surface area contributed by atoms with E-state index in [1.807, 2.05) is 24.3 Å². The number of rotatable bonds is 3. The van der Waals surface area contributed by atoms with Crippen LogP contribution in [-0.2, 0) is 4.74 Å². The molecule has 1 aromatic rings. The molecule has 1 aliphatic carbocycles. The minimum absolute atomic E-state index is 0.0187. The van der Waals surface area contributed by atoms with Gasteiger partial charge in [-0.15, -0.1) is 6.58 Å². The molecule has 16 heavy (non-hydrogen) atoms. The predicted molar refractivity (Wildman–Crippen MR) is 63.2 cm³/mol. The highest BCUT2D eigenvalue weighted by Crippen LogP contribution is 2.29. The molecule has 0 spiro atoms. The maximum absolute atomic E-state index is 11.8. The summed E-state index contributed by atoms with van der Waals surface area (Å²) < 4.78 is 5.49. The molecule has 0 saturated heterocycles. The zero-order chi connectivity index (χ0) is 11.4. The fourth-order valence-corrected chi connectivity index (χ4v) is 2.15. The summed E-state index contributed by atoms with van der Waals surface area (Å²) in [5, 5.41) is 0. The zero-order valence-electron chi connectivity index (χ0n) is 9.26. The summed E-state index contributed by atoms with van der Waals surface area (Å²) in [6.45, 7) is 3.78. The van der Waals surface area contributed by atoms with Gasteiger partial charge in [-0.25, -0.2) is 4.79 Å². The van der Waals surface area contributed by atoms with Gasteiger partial charge in [0.2, 0.25) is 0 Å². The Morgan fingerprint density at radius 3 is 2.75 bits per heavy atom. The van der Waals surface area contributed by atoms with Crippen molar-refractivity contribution in [2.75, 3.05) is 0 Å². The summed E-state index contributed by atoms with van der Waals surface area (Å²) >= 11 is 0. The van der Waals surface area contributed by atoms with Gasteiger partial charge < -0.3 is 4.74 Å². The molecule has 0 aromatic heterocycles. The van der Waals surface area contributed by atoms with Gasteiger partial charge in [-0.3, -0.25) is 0 Å². The molecule has 2 nitrogen and oxygen atoms in total. The molecule has 1 aromatic carbocycles. The summed E-state index contributed by atoms with van der Waals surface area (Å²) in [6, 6.07) is 9.13. The van der Waals surface area contributed by atoms with Crippen molar-refractivity contribution in [2.24, 2.45) is 5.92 Å². The fraction of sp³-hybridized carbons (Fsp3) is 0.357. The molecular weight excluding hydrogens is 200 g/mol. The quantitative estimate of drug-likeness (QED) is 0.573. The maximum atomic E-state index is 11.8. The Balaban J connectivity index is 2.00. The molecule has 0 unspecified atom stereocenters. The summed E-state index contributed by atoms with van der Waals surface area (Å²) in [5.41, 5.74) is 0.622. The average molecular weight is 216 g/mol. The van der Waals surface area contributed by atoms with E-state index in [2.05, 4.69) is 6.58 Å². The van der Waals surface area contributed by atoms with Crippen LogP contribution >= 0.6 is 0 Å². The lowest BCUT2D eigenvalue weighted by Crippen LogP contribution is -2.20. The van der Waals surface area contributed by atoms with Crippen LogP contribution in [0, 0.1) is 5.92 Å². The number of hydrogen-bond acceptors (Lipinski definition) is 2. The Bertz CT molecular complexity index is 370. The van der Waals surface area contributed by atoms with Crippen LogP contribution in [0.25, 0.3) is 0 Å². The minimum Gasteiger partial charge on any atom is -0.458 e. The SMILES string of the molecule is C=C[C@@H]1CCC[C@@H]1OC(=O)c1ccccc1. The van der Waals surface area contributed by atoms with Crippen molar-refractivity contribution < 1.29 is 9.53 Å². The van der Waals surface area contributed by atoms with Crippen molar-refractivity contribution >= 4 is 5.97 Å². The number of carbonyl (C=O) groups is 1. The van der Waals surface area contributed by atoms with Crippen LogP contribution in [0.3, 0.4) is 0 Å². The highest BCUT2D eigenvalue weighted by Gasteiger charge is 2.28. The van der Waals surface area contributed by atoms with Crippen molar-refractivity contribution in [3.8, 4) is 0 Å². The topological polar surface area (TPSA) is 26.3 Å². The van der Waals surface area contributed by atoms with E-state index in [0.717, 1.165) is 19.3 Å². The molecule has 2 rings (SSSR count). The summed E-state index contributed by atoms with van der Waals surface area (Å²) in [5.74, 6) is 0.104. The standard InChI is InChI=1S/C14H16O2/c1-2-11-9-6-10-13(11)16-14(15)12-7-4-3-5-8-12/h2-5,7-8,11,13H,1,6,9-10H2/t11-,13+/m1/s1. The van der Waals surface area contributed by atoms with Crippen molar-refractivity contribution in [2.45, 2.75) is 25.4 Å². The lowest BCUT2D eigenvalue weighted by atomic mass is 10.1. The van der Waals surface area contributed by atoms with Gasteiger partial charge in [0.1, 0.15) is 6.10 Å². The molecule has 0 N–H and O–H groups in total. The van der Waals surface area contributed by atoms with Gasteiger partial charge in [0.15, 0.2) is 0 Å². The van der Waals surface area contributed by atoms with Crippen molar-refractivity contribution in [3.63, 3.8) is 0 Å². The molecule has 2 heteroatoms. The fourth-order valence-electron chi connectivity index (χ4n) is 2.15. The van der Waals surface area contributed by atoms with Crippen LogP contribution < -0.4 is 0 Å². The van der Waals surface area contributed by atoms with E-state index in [-0.39, 0.29) is 12.1 Å². The van der Waals surface area contributed by atoms with E-state index < -0.39 is 0 Å². The van der Waals surface area contributed by atoms with Crippen LogP contribution in [-0.4, -0.2) is 12.1 Å². The maximum Gasteiger partial charge on any atom is 0.338 e. The summed E-state index contributed by atoms with van der Waals surface area (Å²) in [6.07, 6.45) is 5.07. The van der Waals surface area contributed by atoms with E-state index in [1.165, 1.54) is 0 Å². The van der Waals surface area contributed by atoms with Crippen LogP contribution in [0.1, 0.15) is 29.6 Å². The third-order valence-electron chi connectivity index (χ3n) is 3.07. The van der Waals surface area contributed by atoms with Gasteiger partial charge in [0, 0.05) is 5.92 Å². The second-order valence-electron chi connectivity index (χ2n) is 4.14. The monoisotopic (exact) mass is 216 g/mol. The number of esters is 1. The molecule has 2 atom stereocenters. The van der Waals surface area contributed by atoms with E-state index in [1.54, 1.807) is 12.1 Å². The summed E-state index contributed by atoms with van der Waals surface area (Å²) in [4.78, 5) is 11.8. The molecule has 0 aliphatic heterocycles. The molecule has 1 fully saturated rings. The van der Waals surface area contributed by atoms with Gasteiger partial charge in [-0.05, 0) is 31.4 Å². The first-order chi connectivity index (χ1) is 7.81. The van der Waals surface area contributed by atoms with Crippen LogP contribution in [0.4, 0.5) is 0 Å². The predicted octanol–water partition coefficient (Wildman–Crippen LogP) is 3.20. The van der Waals surface area contributed by atoms with Gasteiger partial charge >= 0.3 is 5.97 Å². The molecule has 0 bridgehead atoms. The first-order valence-corrected chi connectivity index (χ1v) is 5.70. The second-order valence-corrected chi connectivity index (χ2v) is 4.14. The Morgan fingerprint density at radius 2 is 2.06 bits per heavy atom. The van der Waals surface area contributed by atoms with E-state index in [9.17, 15) is 4.79 Å². The second kappa shape index (κ2) is 4.97. The first kappa shape index (κ1) is 10.9. The van der Waals surface area contributed by atoms with Crippen LogP contribution in [0.15, 0.2) is 43.0 Å². The Labute approximate surface area is 95.9 Å². The van der Waals surface area contributed by atoms with Gasteiger partial charge in [-0.1, -0.05) is 24.3 Å². The molecular formula is C14H16O2. The zero-order valence-corrected chi connectivity index (χ0v) is 9.26. The molecule has 0 amide bonds. The number of carbonyl (C=O) groups excluding carboxylic acids is 1. The van der Waals surface area contributed by atoms with Crippen molar-refractivity contribution in [1.82, 2.24) is 0 Å². The Hall–Kier alpha value is -1.57. The van der Waals surface area contributed by atoms with Crippen LogP contribution in [0.5, 0.6) is 0 Å². The molecule has 1 aliphatic rings. The van der Waals surface area contributed by atoms with Crippen molar-refractivity contribution in [1.29, 1.82) is 0 Å². The van der Waals surface area contributed by atoms with E-state index in [0.29, 0.717) is 11.5 Å². The Morgan fingerprint density at radius 1 is 1.31 bits per heavy atom. The lowest BCUT2D eigenvalue weighted by molar-refractivity contribution is 0.0253. The lowest BCUT2D eigenvalue weighted by Gasteiger charge is -2.16. The van der Waals surface area contributed by atoms with E-state index in [4.69, 9.17) is 4.74 Å². The number of hydrogen-bond donors (Lipinski definition) is 0. The third kappa shape index (κ3) is 2.32. The molecule has 0 heterocycles. The summed E-state index contributed by atoms with van der Waals surface area (Å²) in [7, 11) is 0. The van der Waals surface area contributed by atoms with Gasteiger partial charge in [0.05, 0.1) is 5.56 Å².